The van der Waals surface area contributed by atoms with Crippen LogP contribution >= 0.6 is 15.9 Å². The highest BCUT2D eigenvalue weighted by Crippen LogP contribution is 2.39. The van der Waals surface area contributed by atoms with Crippen LogP contribution in [-0.2, 0) is 12.8 Å². The molecule has 0 spiro atoms. The van der Waals surface area contributed by atoms with E-state index in [4.69, 9.17) is 5.11 Å². The van der Waals surface area contributed by atoms with Crippen molar-refractivity contribution in [2.45, 2.75) is 12.8 Å². The number of alkyl halides is 3. The first-order valence-electron chi connectivity index (χ1n) is 3.93. The lowest BCUT2D eigenvalue weighted by Crippen LogP contribution is -2.11. The van der Waals surface area contributed by atoms with Crippen molar-refractivity contribution in [2.75, 3.05) is 0 Å². The fourth-order valence-corrected chi connectivity index (χ4v) is 1.75. The summed E-state index contributed by atoms with van der Waals surface area (Å²) in [4.78, 5) is 9.61. The fourth-order valence-electron chi connectivity index (χ4n) is 1.23. The lowest BCUT2D eigenvalue weighted by molar-refractivity contribution is -0.387. The molecule has 1 rings (SSSR count). The standard InChI is InChI=1S/C8H5BrF3NO3/c9-6-2-1-5(8(10,11)12)4(3-14)7(6)13(15)16/h1-2,14H,3H2. The predicted octanol–water partition coefficient (Wildman–Crippen LogP) is 2.87. The van der Waals surface area contributed by atoms with E-state index in [9.17, 15) is 23.3 Å². The number of aliphatic hydroxyl groups is 1. The smallest absolute Gasteiger partial charge is 0.391 e. The summed E-state index contributed by atoms with van der Waals surface area (Å²) in [5.41, 5.74) is -2.71. The van der Waals surface area contributed by atoms with Crippen molar-refractivity contribution in [1.82, 2.24) is 0 Å². The number of rotatable bonds is 2. The maximum Gasteiger partial charge on any atom is 0.417 e. The van der Waals surface area contributed by atoms with Gasteiger partial charge in [-0.25, -0.2) is 0 Å². The summed E-state index contributed by atoms with van der Waals surface area (Å²) in [6.07, 6.45) is -4.73. The number of nitro groups is 1. The number of aliphatic hydroxyl groups excluding tert-OH is 1. The van der Waals surface area contributed by atoms with E-state index in [1.165, 1.54) is 0 Å². The predicted molar refractivity (Wildman–Crippen MR) is 51.7 cm³/mol. The third-order valence-corrected chi connectivity index (χ3v) is 2.52. The zero-order valence-corrected chi connectivity index (χ0v) is 9.17. The summed E-state index contributed by atoms with van der Waals surface area (Å²) < 4.78 is 37.3. The Bertz CT molecular complexity index is 433. The first-order valence-corrected chi connectivity index (χ1v) is 4.72. The van der Waals surface area contributed by atoms with Gasteiger partial charge in [-0.1, -0.05) is 0 Å². The Morgan fingerprint density at radius 3 is 2.38 bits per heavy atom. The number of halogens is 4. The second-order valence-electron chi connectivity index (χ2n) is 2.84. The molecular weight excluding hydrogens is 295 g/mol. The molecule has 0 fully saturated rings. The number of benzene rings is 1. The number of hydrogen-bond donors (Lipinski definition) is 1. The van der Waals surface area contributed by atoms with Crippen molar-refractivity contribution in [3.05, 3.63) is 37.8 Å². The molecule has 16 heavy (non-hydrogen) atoms. The molecule has 1 aromatic carbocycles. The van der Waals surface area contributed by atoms with E-state index in [1.807, 2.05) is 0 Å². The molecule has 0 amide bonds. The van der Waals surface area contributed by atoms with Crippen LogP contribution in [0.1, 0.15) is 11.1 Å². The molecule has 0 aliphatic carbocycles. The van der Waals surface area contributed by atoms with Crippen LogP contribution in [-0.4, -0.2) is 10.0 Å². The van der Waals surface area contributed by atoms with Crippen molar-refractivity contribution >= 4 is 21.6 Å². The van der Waals surface area contributed by atoms with Crippen molar-refractivity contribution in [2.24, 2.45) is 0 Å². The van der Waals surface area contributed by atoms with E-state index >= 15 is 0 Å². The van der Waals surface area contributed by atoms with Crippen molar-refractivity contribution in [3.63, 3.8) is 0 Å². The molecule has 1 aromatic rings. The van der Waals surface area contributed by atoms with E-state index in [2.05, 4.69) is 15.9 Å². The lowest BCUT2D eigenvalue weighted by Gasteiger charge is -2.11. The lowest BCUT2D eigenvalue weighted by atomic mass is 10.1. The Morgan fingerprint density at radius 1 is 1.44 bits per heavy atom. The molecule has 88 valence electrons. The third kappa shape index (κ3) is 2.33. The zero-order valence-electron chi connectivity index (χ0n) is 7.58. The van der Waals surface area contributed by atoms with Gasteiger partial charge in [0.2, 0.25) is 0 Å². The van der Waals surface area contributed by atoms with Gasteiger partial charge >= 0.3 is 6.18 Å². The van der Waals surface area contributed by atoms with Crippen LogP contribution in [0.2, 0.25) is 0 Å². The molecule has 0 unspecified atom stereocenters. The molecule has 0 aromatic heterocycles. The molecule has 8 heteroatoms. The average Bonchev–Trinajstić information content (AvgIpc) is 2.14. The summed E-state index contributed by atoms with van der Waals surface area (Å²) in [5, 5.41) is 19.4. The molecule has 0 heterocycles. The highest BCUT2D eigenvalue weighted by Gasteiger charge is 2.37. The van der Waals surface area contributed by atoms with Gasteiger partial charge < -0.3 is 5.11 Å². The van der Waals surface area contributed by atoms with Gasteiger partial charge in [0.1, 0.15) is 0 Å². The van der Waals surface area contributed by atoms with Gasteiger partial charge in [0.15, 0.2) is 0 Å². The monoisotopic (exact) mass is 299 g/mol. The Labute approximate surface area is 96.0 Å². The number of hydrogen-bond acceptors (Lipinski definition) is 3. The molecule has 4 nitrogen and oxygen atoms in total. The second kappa shape index (κ2) is 4.38. The van der Waals surface area contributed by atoms with E-state index < -0.39 is 34.5 Å². The van der Waals surface area contributed by atoms with Crippen LogP contribution in [0, 0.1) is 10.1 Å². The summed E-state index contributed by atoms with van der Waals surface area (Å²) in [5.74, 6) is 0. The highest BCUT2D eigenvalue weighted by atomic mass is 79.9. The minimum absolute atomic E-state index is 0.102. The topological polar surface area (TPSA) is 63.4 Å². The second-order valence-corrected chi connectivity index (χ2v) is 3.69. The van der Waals surface area contributed by atoms with Gasteiger partial charge in [-0.15, -0.1) is 0 Å². The van der Waals surface area contributed by atoms with E-state index in [0.717, 1.165) is 6.07 Å². The summed E-state index contributed by atoms with van der Waals surface area (Å²) in [6, 6.07) is 1.61. The van der Waals surface area contributed by atoms with Crippen LogP contribution in [0.15, 0.2) is 16.6 Å². The quantitative estimate of drug-likeness (QED) is 0.674. The van der Waals surface area contributed by atoms with Gasteiger partial charge in [-0.05, 0) is 28.1 Å². The van der Waals surface area contributed by atoms with Gasteiger partial charge in [0, 0.05) is 0 Å². The van der Waals surface area contributed by atoms with Gasteiger partial charge in [-0.2, -0.15) is 13.2 Å². The molecule has 0 atom stereocenters. The summed E-state index contributed by atoms with van der Waals surface area (Å²) in [7, 11) is 0. The number of nitrogens with zero attached hydrogens (tertiary/aromatic N) is 1. The highest BCUT2D eigenvalue weighted by molar-refractivity contribution is 9.10. The van der Waals surface area contributed by atoms with Gasteiger partial charge in [0.05, 0.1) is 27.1 Å². The van der Waals surface area contributed by atoms with Crippen LogP contribution in [0.4, 0.5) is 18.9 Å². The minimum Gasteiger partial charge on any atom is -0.391 e. The Kier molecular flexibility index (Phi) is 3.54. The SMILES string of the molecule is O=[N+]([O-])c1c(Br)ccc(C(F)(F)F)c1CO. The zero-order chi connectivity index (χ0) is 12.5. The largest absolute Gasteiger partial charge is 0.417 e. The molecule has 0 aliphatic heterocycles. The van der Waals surface area contributed by atoms with Crippen molar-refractivity contribution in [1.29, 1.82) is 0 Å². The van der Waals surface area contributed by atoms with Crippen molar-refractivity contribution < 1.29 is 23.2 Å². The third-order valence-electron chi connectivity index (χ3n) is 1.88. The minimum atomic E-state index is -4.73. The van der Waals surface area contributed by atoms with Crippen LogP contribution in [0.3, 0.4) is 0 Å². The maximum absolute atomic E-state index is 12.5. The van der Waals surface area contributed by atoms with E-state index in [0.29, 0.717) is 6.07 Å². The average molecular weight is 300 g/mol. The van der Waals surface area contributed by atoms with E-state index in [-0.39, 0.29) is 4.47 Å². The molecule has 0 saturated carbocycles. The van der Waals surface area contributed by atoms with Gasteiger partial charge in [0.25, 0.3) is 5.69 Å². The molecule has 0 saturated heterocycles. The first-order chi connectivity index (χ1) is 7.29. The van der Waals surface area contributed by atoms with Crippen molar-refractivity contribution in [3.8, 4) is 0 Å². The summed E-state index contributed by atoms with van der Waals surface area (Å²) >= 11 is 2.77. The Hall–Kier alpha value is -1.15. The first kappa shape index (κ1) is 12.9. The molecule has 0 aliphatic rings. The fraction of sp³-hybridized carbons (Fsp3) is 0.250. The molecule has 0 radical (unpaired) electrons. The van der Waals surface area contributed by atoms with Crippen LogP contribution < -0.4 is 0 Å². The van der Waals surface area contributed by atoms with Gasteiger partial charge in [-0.3, -0.25) is 10.1 Å². The molecule has 0 bridgehead atoms. The Morgan fingerprint density at radius 2 is 2.00 bits per heavy atom. The van der Waals surface area contributed by atoms with Crippen LogP contribution in [0.5, 0.6) is 0 Å². The molecule has 1 N–H and O–H groups in total. The molecular formula is C8H5BrF3NO3. The number of nitro benzene ring substituents is 1. The Balaban J connectivity index is 3.56. The summed E-state index contributed by atoms with van der Waals surface area (Å²) in [6.45, 7) is -1.05. The van der Waals surface area contributed by atoms with E-state index in [1.54, 1.807) is 0 Å². The normalized spacial score (nSPS) is 11.6. The maximum atomic E-state index is 12.5. The van der Waals surface area contributed by atoms with Crippen LogP contribution in [0.25, 0.3) is 0 Å².